The minimum atomic E-state index is -4.52. The average Bonchev–Trinajstić information content (AvgIpc) is 3.35. The number of pyridine rings is 1. The van der Waals surface area contributed by atoms with Crippen molar-refractivity contribution >= 4 is 17.4 Å². The molecule has 7 nitrogen and oxygen atoms in total. The Morgan fingerprint density at radius 3 is 2.73 bits per heavy atom. The summed E-state index contributed by atoms with van der Waals surface area (Å²) in [7, 11) is 0. The number of hydrazine groups is 1. The van der Waals surface area contributed by atoms with Gasteiger partial charge in [0, 0.05) is 36.3 Å². The Kier molecular flexibility index (Phi) is 5.75. The SMILES string of the molecule is O=C1CCc2c(Oc3ccc4c(c3)CC(C3=CCN(C(F)(F)F)N3c3ccccc3)CO4)ccnc2N1. The van der Waals surface area contributed by atoms with Gasteiger partial charge < -0.3 is 14.8 Å². The van der Waals surface area contributed by atoms with Gasteiger partial charge in [0.15, 0.2) is 0 Å². The molecule has 37 heavy (non-hydrogen) atoms. The number of carbonyl (C=O) groups excluding carboxylic acids is 1. The molecule has 3 aliphatic heterocycles. The number of para-hydroxylation sites is 1. The minimum absolute atomic E-state index is 0.0797. The fourth-order valence-corrected chi connectivity index (χ4v) is 5.01. The van der Waals surface area contributed by atoms with Crippen LogP contribution in [0.1, 0.15) is 17.5 Å². The zero-order valence-corrected chi connectivity index (χ0v) is 19.7. The zero-order valence-electron chi connectivity index (χ0n) is 19.7. The number of alkyl halides is 3. The van der Waals surface area contributed by atoms with E-state index in [1.54, 1.807) is 54.7 Å². The highest BCUT2D eigenvalue weighted by Crippen LogP contribution is 2.41. The van der Waals surface area contributed by atoms with E-state index in [4.69, 9.17) is 9.47 Å². The van der Waals surface area contributed by atoms with Crippen molar-refractivity contribution in [2.75, 3.05) is 23.5 Å². The van der Waals surface area contributed by atoms with Crippen molar-refractivity contribution in [2.24, 2.45) is 5.92 Å². The number of halogens is 3. The van der Waals surface area contributed by atoms with E-state index in [1.807, 2.05) is 12.1 Å². The molecule has 0 fully saturated rings. The van der Waals surface area contributed by atoms with Gasteiger partial charge >= 0.3 is 6.30 Å². The lowest BCUT2D eigenvalue weighted by Gasteiger charge is -2.37. The fraction of sp³-hybridized carbons (Fsp3) is 0.259. The number of nitrogens with one attached hydrogen (secondary N) is 1. The number of hydrogen-bond donors (Lipinski definition) is 1. The van der Waals surface area contributed by atoms with Crippen LogP contribution in [-0.2, 0) is 17.6 Å². The van der Waals surface area contributed by atoms with Crippen LogP contribution in [0.2, 0.25) is 0 Å². The van der Waals surface area contributed by atoms with E-state index in [0.717, 1.165) is 11.1 Å². The molecule has 1 unspecified atom stereocenters. The van der Waals surface area contributed by atoms with Crippen LogP contribution in [0.5, 0.6) is 17.2 Å². The molecule has 0 saturated carbocycles. The summed E-state index contributed by atoms with van der Waals surface area (Å²) in [5.41, 5.74) is 2.68. The number of benzene rings is 2. The summed E-state index contributed by atoms with van der Waals surface area (Å²) in [6, 6.07) is 15.8. The second kappa shape index (κ2) is 9.11. The molecule has 1 amide bonds. The molecule has 1 atom stereocenters. The second-order valence-corrected chi connectivity index (χ2v) is 9.09. The molecule has 0 spiro atoms. The summed E-state index contributed by atoms with van der Waals surface area (Å²) in [6.45, 7) is 0.00948. The van der Waals surface area contributed by atoms with Crippen LogP contribution in [-0.4, -0.2) is 35.4 Å². The third-order valence-corrected chi connectivity index (χ3v) is 6.71. The molecule has 10 heteroatoms. The van der Waals surface area contributed by atoms with E-state index < -0.39 is 6.30 Å². The largest absolute Gasteiger partial charge is 0.493 e. The molecule has 0 bridgehead atoms. The van der Waals surface area contributed by atoms with Gasteiger partial charge in [0.05, 0.1) is 12.3 Å². The Hall–Kier alpha value is -4.05. The van der Waals surface area contributed by atoms with E-state index in [1.165, 1.54) is 5.01 Å². The molecular weight excluding hydrogens is 485 g/mol. The van der Waals surface area contributed by atoms with E-state index in [9.17, 15) is 18.0 Å². The zero-order chi connectivity index (χ0) is 25.6. The third-order valence-electron chi connectivity index (χ3n) is 6.71. The summed E-state index contributed by atoms with van der Waals surface area (Å²) >= 11 is 0. The first kappa shape index (κ1) is 23.4. The Bertz CT molecular complexity index is 1380. The Labute approximate surface area is 211 Å². The topological polar surface area (TPSA) is 66.9 Å². The number of amides is 1. The first-order valence-corrected chi connectivity index (χ1v) is 12.0. The molecule has 1 aromatic heterocycles. The number of fused-ring (bicyclic) bond motifs is 2. The highest BCUT2D eigenvalue weighted by molar-refractivity contribution is 5.93. The number of carbonyl (C=O) groups is 1. The predicted octanol–water partition coefficient (Wildman–Crippen LogP) is 5.45. The van der Waals surface area contributed by atoms with Gasteiger partial charge in [-0.15, -0.1) is 5.01 Å². The summed E-state index contributed by atoms with van der Waals surface area (Å²) in [5, 5.41) is 4.42. The molecule has 4 heterocycles. The number of rotatable bonds is 4. The summed E-state index contributed by atoms with van der Waals surface area (Å²) in [6.07, 6.45) is 0.0613. The lowest BCUT2D eigenvalue weighted by atomic mass is 9.93. The van der Waals surface area contributed by atoms with Crippen molar-refractivity contribution < 1.29 is 27.4 Å². The molecule has 0 radical (unpaired) electrons. The van der Waals surface area contributed by atoms with Crippen LogP contribution in [0.3, 0.4) is 0 Å². The molecule has 3 aromatic rings. The third kappa shape index (κ3) is 4.48. The van der Waals surface area contributed by atoms with Gasteiger partial charge in [-0.25, -0.2) is 4.98 Å². The average molecular weight is 509 g/mol. The number of nitrogens with zero attached hydrogens (tertiary/aromatic N) is 3. The molecule has 0 saturated heterocycles. The molecule has 3 aliphatic rings. The van der Waals surface area contributed by atoms with Crippen LogP contribution in [0, 0.1) is 5.92 Å². The molecule has 6 rings (SSSR count). The lowest BCUT2D eigenvalue weighted by Crippen LogP contribution is -2.48. The Morgan fingerprint density at radius 2 is 1.92 bits per heavy atom. The monoisotopic (exact) mass is 508 g/mol. The van der Waals surface area contributed by atoms with Crippen molar-refractivity contribution in [3.05, 3.63) is 83.7 Å². The first-order valence-electron chi connectivity index (χ1n) is 12.0. The van der Waals surface area contributed by atoms with Crippen molar-refractivity contribution in [1.82, 2.24) is 9.99 Å². The fourth-order valence-electron chi connectivity index (χ4n) is 5.01. The predicted molar refractivity (Wildman–Crippen MR) is 130 cm³/mol. The maximum Gasteiger partial charge on any atom is 0.478 e. The molecule has 1 N–H and O–H groups in total. The number of hydrogen-bond acceptors (Lipinski definition) is 6. The smallest absolute Gasteiger partial charge is 0.478 e. The first-order chi connectivity index (χ1) is 17.9. The molecule has 0 aliphatic carbocycles. The Balaban J connectivity index is 1.26. The second-order valence-electron chi connectivity index (χ2n) is 9.09. The van der Waals surface area contributed by atoms with Crippen molar-refractivity contribution in [3.8, 4) is 17.2 Å². The molecule has 2 aromatic carbocycles. The normalized spacial score (nSPS) is 19.4. The van der Waals surface area contributed by atoms with E-state index >= 15 is 0 Å². The van der Waals surface area contributed by atoms with Crippen LogP contribution >= 0.6 is 0 Å². The van der Waals surface area contributed by atoms with Crippen LogP contribution in [0.25, 0.3) is 0 Å². The van der Waals surface area contributed by atoms with E-state index in [-0.39, 0.29) is 25.0 Å². The maximum absolute atomic E-state index is 13.9. The van der Waals surface area contributed by atoms with Gasteiger partial charge in [-0.2, -0.15) is 13.2 Å². The van der Waals surface area contributed by atoms with Gasteiger partial charge in [0.25, 0.3) is 0 Å². The highest BCUT2D eigenvalue weighted by atomic mass is 19.4. The van der Waals surface area contributed by atoms with Gasteiger partial charge in [0.2, 0.25) is 5.91 Å². The van der Waals surface area contributed by atoms with Crippen molar-refractivity contribution in [1.29, 1.82) is 0 Å². The van der Waals surface area contributed by atoms with Crippen molar-refractivity contribution in [3.63, 3.8) is 0 Å². The molecular formula is C27H23F3N4O3. The van der Waals surface area contributed by atoms with Gasteiger partial charge in [-0.05, 0) is 60.9 Å². The summed E-state index contributed by atoms with van der Waals surface area (Å²) in [4.78, 5) is 15.9. The van der Waals surface area contributed by atoms with Crippen LogP contribution in [0.4, 0.5) is 24.7 Å². The standard InChI is InChI=1S/C27H23F3N4O3/c28-27(29,30)33-13-11-22(34(33)19-4-2-1-3-5-19)18-14-17-15-20(6-8-23(17)36-16-18)37-24-10-12-31-26-21(24)7-9-25(35)32-26/h1-6,8,10-12,15,18H,7,9,13-14,16H2,(H,31,32,35). The lowest BCUT2D eigenvalue weighted by molar-refractivity contribution is -0.241. The van der Waals surface area contributed by atoms with Crippen molar-refractivity contribution in [2.45, 2.75) is 25.6 Å². The van der Waals surface area contributed by atoms with Crippen LogP contribution in [0.15, 0.2) is 72.6 Å². The van der Waals surface area contributed by atoms with Crippen LogP contribution < -0.4 is 19.8 Å². The quantitative estimate of drug-likeness (QED) is 0.473. The summed E-state index contributed by atoms with van der Waals surface area (Å²) in [5.74, 6) is 2.00. The Morgan fingerprint density at radius 1 is 1.08 bits per heavy atom. The number of aromatic nitrogens is 1. The number of ether oxygens (including phenoxy) is 2. The molecule has 190 valence electrons. The summed E-state index contributed by atoms with van der Waals surface area (Å²) < 4.78 is 53.7. The van der Waals surface area contributed by atoms with Gasteiger partial charge in [-0.3, -0.25) is 9.80 Å². The van der Waals surface area contributed by atoms with E-state index in [2.05, 4.69) is 10.3 Å². The minimum Gasteiger partial charge on any atom is -0.493 e. The maximum atomic E-state index is 13.9. The van der Waals surface area contributed by atoms with Gasteiger partial charge in [0.1, 0.15) is 23.1 Å². The number of anilines is 2. The highest BCUT2D eigenvalue weighted by Gasteiger charge is 2.46. The van der Waals surface area contributed by atoms with Gasteiger partial charge in [-0.1, -0.05) is 18.2 Å². The van der Waals surface area contributed by atoms with E-state index in [0.29, 0.717) is 58.7 Å².